The van der Waals surface area contributed by atoms with E-state index in [1.807, 2.05) is 49.4 Å². The molecule has 31 heavy (non-hydrogen) atoms. The van der Waals surface area contributed by atoms with E-state index in [0.29, 0.717) is 17.2 Å². The van der Waals surface area contributed by atoms with Crippen LogP contribution in [0.5, 0.6) is 0 Å². The van der Waals surface area contributed by atoms with Crippen molar-refractivity contribution in [1.82, 2.24) is 19.9 Å². The van der Waals surface area contributed by atoms with Crippen LogP contribution in [0.3, 0.4) is 0 Å². The number of aliphatic hydroxyl groups excluding tert-OH is 1. The largest absolute Gasteiger partial charge is 0.390 e. The van der Waals surface area contributed by atoms with Crippen LogP contribution in [0.1, 0.15) is 35.4 Å². The van der Waals surface area contributed by atoms with Gasteiger partial charge in [0.15, 0.2) is 5.82 Å². The predicted octanol–water partition coefficient (Wildman–Crippen LogP) is 3.84. The molecule has 4 aromatic rings. The molecule has 1 aromatic carbocycles. The third-order valence-corrected chi connectivity index (χ3v) is 5.07. The molecule has 0 saturated carbocycles. The van der Waals surface area contributed by atoms with Crippen molar-refractivity contribution in [2.45, 2.75) is 32.8 Å². The molecule has 0 aliphatic heterocycles. The molecule has 0 aliphatic carbocycles. The molecule has 0 spiro atoms. The van der Waals surface area contributed by atoms with Crippen molar-refractivity contribution in [2.75, 3.05) is 5.73 Å². The standard InChI is InChI=1S/C25H23N5O/c1-17-21-12-14-28-24(26)23(21)30-25(29-17)20-10-5-8-18(15-20)7-3-2-4-9-19-11-6-13-27-22(19)16-31/h5-6,8,10-15,31H,2,4,9,16H2,1H3,(H2,26,28). The summed E-state index contributed by atoms with van der Waals surface area (Å²) in [5.41, 5.74) is 11.2. The van der Waals surface area contributed by atoms with Gasteiger partial charge in [0.2, 0.25) is 0 Å². The number of aromatic nitrogens is 4. The van der Waals surface area contributed by atoms with Gasteiger partial charge in [0, 0.05) is 41.0 Å². The third kappa shape index (κ3) is 4.68. The Morgan fingerprint density at radius 2 is 1.94 bits per heavy atom. The molecule has 6 nitrogen and oxygen atoms in total. The van der Waals surface area contributed by atoms with Crippen molar-refractivity contribution in [1.29, 1.82) is 0 Å². The Hall–Kier alpha value is -3.82. The smallest absolute Gasteiger partial charge is 0.160 e. The first-order chi connectivity index (χ1) is 15.2. The Labute approximate surface area is 181 Å². The van der Waals surface area contributed by atoms with Gasteiger partial charge < -0.3 is 10.8 Å². The van der Waals surface area contributed by atoms with Crippen molar-refractivity contribution in [3.8, 4) is 23.2 Å². The lowest BCUT2D eigenvalue weighted by Gasteiger charge is -2.07. The lowest BCUT2D eigenvalue weighted by atomic mass is 10.1. The summed E-state index contributed by atoms with van der Waals surface area (Å²) >= 11 is 0. The predicted molar refractivity (Wildman–Crippen MR) is 122 cm³/mol. The number of nitrogens with two attached hydrogens (primary N) is 1. The number of fused-ring (bicyclic) bond motifs is 1. The SMILES string of the molecule is Cc1nc(-c2cccc(C#CCCCc3cccnc3CO)c2)nc2c(N)nccc12. The Balaban J connectivity index is 1.48. The summed E-state index contributed by atoms with van der Waals surface area (Å²) in [6, 6.07) is 13.7. The molecule has 6 heteroatoms. The van der Waals surface area contributed by atoms with E-state index in [2.05, 4.69) is 31.8 Å². The summed E-state index contributed by atoms with van der Waals surface area (Å²) in [5, 5.41) is 10.3. The van der Waals surface area contributed by atoms with Gasteiger partial charge in [-0.1, -0.05) is 30.0 Å². The van der Waals surface area contributed by atoms with Crippen LogP contribution in [0.15, 0.2) is 54.9 Å². The fourth-order valence-corrected chi connectivity index (χ4v) is 3.47. The molecule has 3 N–H and O–H groups in total. The number of aliphatic hydroxyl groups is 1. The fourth-order valence-electron chi connectivity index (χ4n) is 3.47. The van der Waals surface area contributed by atoms with E-state index in [9.17, 15) is 5.11 Å². The highest BCUT2D eigenvalue weighted by molar-refractivity contribution is 5.89. The molecule has 154 valence electrons. The average molecular weight is 409 g/mol. The van der Waals surface area contributed by atoms with E-state index in [-0.39, 0.29) is 6.61 Å². The van der Waals surface area contributed by atoms with Gasteiger partial charge in [-0.2, -0.15) is 0 Å². The Bertz CT molecular complexity index is 1290. The second-order valence-corrected chi connectivity index (χ2v) is 7.23. The summed E-state index contributed by atoms with van der Waals surface area (Å²) in [6.45, 7) is 1.91. The number of nitrogens with zero attached hydrogens (tertiary/aromatic N) is 4. The first-order valence-electron chi connectivity index (χ1n) is 10.2. The number of hydrogen-bond donors (Lipinski definition) is 2. The van der Waals surface area contributed by atoms with Crippen LogP contribution in [0, 0.1) is 18.8 Å². The van der Waals surface area contributed by atoms with Crippen molar-refractivity contribution in [3.05, 3.63) is 77.4 Å². The highest BCUT2D eigenvalue weighted by Crippen LogP contribution is 2.24. The van der Waals surface area contributed by atoms with E-state index in [4.69, 9.17) is 5.73 Å². The first kappa shape index (κ1) is 20.5. The van der Waals surface area contributed by atoms with Crippen molar-refractivity contribution >= 4 is 16.7 Å². The first-order valence-corrected chi connectivity index (χ1v) is 10.2. The lowest BCUT2D eigenvalue weighted by Crippen LogP contribution is -1.99. The van der Waals surface area contributed by atoms with Gasteiger partial charge >= 0.3 is 0 Å². The Morgan fingerprint density at radius 3 is 2.81 bits per heavy atom. The minimum absolute atomic E-state index is 0.0350. The highest BCUT2D eigenvalue weighted by Gasteiger charge is 2.09. The second-order valence-electron chi connectivity index (χ2n) is 7.23. The number of aryl methyl sites for hydroxylation is 2. The maximum Gasteiger partial charge on any atom is 0.160 e. The van der Waals surface area contributed by atoms with Crippen LogP contribution in [0.4, 0.5) is 5.82 Å². The zero-order valence-electron chi connectivity index (χ0n) is 17.3. The maximum absolute atomic E-state index is 9.37. The summed E-state index contributed by atoms with van der Waals surface area (Å²) in [6.07, 6.45) is 5.89. The molecular formula is C25H23N5O. The molecule has 0 unspecified atom stereocenters. The van der Waals surface area contributed by atoms with Gasteiger partial charge in [0.05, 0.1) is 12.3 Å². The topological polar surface area (TPSA) is 97.8 Å². The normalized spacial score (nSPS) is 10.6. The zero-order valence-corrected chi connectivity index (χ0v) is 17.3. The van der Waals surface area contributed by atoms with E-state index < -0.39 is 0 Å². The summed E-state index contributed by atoms with van der Waals surface area (Å²) < 4.78 is 0. The molecule has 0 atom stereocenters. The monoisotopic (exact) mass is 409 g/mol. The van der Waals surface area contributed by atoms with E-state index in [1.54, 1.807) is 12.4 Å². The summed E-state index contributed by atoms with van der Waals surface area (Å²) in [5.74, 6) is 7.47. The number of pyridine rings is 2. The van der Waals surface area contributed by atoms with Gasteiger partial charge in [-0.15, -0.1) is 0 Å². The Morgan fingerprint density at radius 1 is 1.03 bits per heavy atom. The van der Waals surface area contributed by atoms with Gasteiger partial charge in [0.1, 0.15) is 11.3 Å². The number of rotatable bonds is 5. The van der Waals surface area contributed by atoms with Crippen LogP contribution < -0.4 is 5.73 Å². The van der Waals surface area contributed by atoms with Crippen LogP contribution >= 0.6 is 0 Å². The maximum atomic E-state index is 9.37. The van der Waals surface area contributed by atoms with Gasteiger partial charge in [-0.25, -0.2) is 15.0 Å². The lowest BCUT2D eigenvalue weighted by molar-refractivity contribution is 0.275. The molecule has 0 radical (unpaired) electrons. The second kappa shape index (κ2) is 9.33. The molecule has 3 heterocycles. The van der Waals surface area contributed by atoms with Crippen LogP contribution in [0.25, 0.3) is 22.3 Å². The minimum atomic E-state index is -0.0350. The van der Waals surface area contributed by atoms with E-state index in [1.165, 1.54) is 0 Å². The molecule has 0 saturated heterocycles. The quantitative estimate of drug-likeness (QED) is 0.384. The highest BCUT2D eigenvalue weighted by atomic mass is 16.3. The van der Waals surface area contributed by atoms with Crippen molar-refractivity contribution < 1.29 is 5.11 Å². The molecular weight excluding hydrogens is 386 g/mol. The van der Waals surface area contributed by atoms with E-state index >= 15 is 0 Å². The fraction of sp³-hybridized carbons (Fsp3) is 0.200. The average Bonchev–Trinajstić information content (AvgIpc) is 2.80. The van der Waals surface area contributed by atoms with Crippen molar-refractivity contribution in [2.24, 2.45) is 0 Å². The molecule has 0 bridgehead atoms. The van der Waals surface area contributed by atoms with Crippen molar-refractivity contribution in [3.63, 3.8) is 0 Å². The van der Waals surface area contributed by atoms with Gasteiger partial charge in [-0.3, -0.25) is 4.98 Å². The van der Waals surface area contributed by atoms with Crippen LogP contribution in [-0.2, 0) is 13.0 Å². The van der Waals surface area contributed by atoms with Gasteiger partial charge in [0.25, 0.3) is 0 Å². The Kier molecular flexibility index (Phi) is 6.16. The summed E-state index contributed by atoms with van der Waals surface area (Å²) in [4.78, 5) is 17.6. The molecule has 3 aromatic heterocycles. The van der Waals surface area contributed by atoms with Crippen LogP contribution in [0.2, 0.25) is 0 Å². The van der Waals surface area contributed by atoms with E-state index in [0.717, 1.165) is 52.7 Å². The van der Waals surface area contributed by atoms with Gasteiger partial charge in [-0.05, 0) is 49.6 Å². The molecule has 0 fully saturated rings. The molecule has 0 amide bonds. The number of unbranched alkanes of at least 4 members (excludes halogenated alkanes) is 1. The molecule has 0 aliphatic rings. The summed E-state index contributed by atoms with van der Waals surface area (Å²) in [7, 11) is 0. The number of nitrogen functional groups attached to an aromatic ring is 1. The number of anilines is 1. The molecule has 4 rings (SSSR count). The number of benzene rings is 1. The number of hydrogen-bond acceptors (Lipinski definition) is 6. The minimum Gasteiger partial charge on any atom is -0.390 e. The zero-order chi connectivity index (χ0) is 21.6. The third-order valence-electron chi connectivity index (χ3n) is 5.07. The van der Waals surface area contributed by atoms with Crippen LogP contribution in [-0.4, -0.2) is 25.0 Å².